The number of rotatable bonds is 7. The maximum atomic E-state index is 12.4. The lowest BCUT2D eigenvalue weighted by atomic mass is 10.0. The summed E-state index contributed by atoms with van der Waals surface area (Å²) in [5, 5.41) is 20.7. The highest BCUT2D eigenvalue weighted by Crippen LogP contribution is 2.17. The second-order valence-corrected chi connectivity index (χ2v) is 5.44. The third-order valence-electron chi connectivity index (χ3n) is 3.71. The Bertz CT molecular complexity index is 766. The highest BCUT2D eigenvalue weighted by molar-refractivity contribution is 5.87. The number of benzene rings is 2. The van der Waals surface area contributed by atoms with E-state index in [1.807, 2.05) is 12.1 Å². The molecule has 0 spiro atoms. The summed E-state index contributed by atoms with van der Waals surface area (Å²) in [5.41, 5.74) is 1.84. The van der Waals surface area contributed by atoms with E-state index in [2.05, 4.69) is 5.32 Å². The number of aliphatic carboxylic acids is 1. The number of nitrogens with zero attached hydrogens (tertiary/aromatic N) is 1. The number of nitriles is 1. The first kappa shape index (κ1) is 18.2. The molecular formula is C19H18N2O4. The monoisotopic (exact) mass is 338 g/mol. The molecule has 2 rings (SSSR count). The van der Waals surface area contributed by atoms with Crippen molar-refractivity contribution in [3.05, 3.63) is 71.3 Å². The van der Waals surface area contributed by atoms with Crippen molar-refractivity contribution in [1.29, 1.82) is 5.26 Å². The standard InChI is InChI=1S/C19H18N2O4/c1-25-17(15-5-3-2-4-6-15)18(22)21-16(19(23)24)11-13-7-9-14(12-20)10-8-13/h2-10,16-17H,11H2,1H3,(H,21,22)(H,23,24)/t16-,17-/m0/s1. The lowest BCUT2D eigenvalue weighted by Crippen LogP contribution is -2.44. The molecule has 0 aliphatic rings. The Morgan fingerprint density at radius 1 is 1.16 bits per heavy atom. The number of amides is 1. The predicted octanol–water partition coefficient (Wildman–Crippen LogP) is 2.06. The van der Waals surface area contributed by atoms with Crippen LogP contribution in [-0.2, 0) is 20.7 Å². The van der Waals surface area contributed by atoms with E-state index >= 15 is 0 Å². The van der Waals surface area contributed by atoms with Gasteiger partial charge in [0.2, 0.25) is 0 Å². The topological polar surface area (TPSA) is 99.4 Å². The van der Waals surface area contributed by atoms with Gasteiger partial charge < -0.3 is 15.2 Å². The average molecular weight is 338 g/mol. The average Bonchev–Trinajstić information content (AvgIpc) is 2.63. The fraction of sp³-hybridized carbons (Fsp3) is 0.211. The number of carboxylic acid groups (broad SMARTS) is 1. The third-order valence-corrected chi connectivity index (χ3v) is 3.71. The largest absolute Gasteiger partial charge is 0.480 e. The van der Waals surface area contributed by atoms with E-state index in [0.29, 0.717) is 16.7 Å². The number of carbonyl (C=O) groups is 2. The molecule has 0 aromatic heterocycles. The van der Waals surface area contributed by atoms with Crippen molar-refractivity contribution in [3.8, 4) is 6.07 Å². The number of hydrogen-bond acceptors (Lipinski definition) is 4. The van der Waals surface area contributed by atoms with Crippen molar-refractivity contribution in [2.24, 2.45) is 0 Å². The Morgan fingerprint density at radius 2 is 1.80 bits per heavy atom. The minimum absolute atomic E-state index is 0.109. The quantitative estimate of drug-likeness (QED) is 0.805. The van der Waals surface area contributed by atoms with E-state index in [9.17, 15) is 14.7 Å². The van der Waals surface area contributed by atoms with Gasteiger partial charge in [-0.05, 0) is 23.3 Å². The summed E-state index contributed by atoms with van der Waals surface area (Å²) >= 11 is 0. The Hall–Kier alpha value is -3.17. The summed E-state index contributed by atoms with van der Waals surface area (Å²) < 4.78 is 5.22. The van der Waals surface area contributed by atoms with Gasteiger partial charge in [-0.15, -0.1) is 0 Å². The van der Waals surface area contributed by atoms with Crippen LogP contribution in [0.15, 0.2) is 54.6 Å². The summed E-state index contributed by atoms with van der Waals surface area (Å²) in [6.45, 7) is 0. The van der Waals surface area contributed by atoms with Crippen LogP contribution in [0.25, 0.3) is 0 Å². The van der Waals surface area contributed by atoms with Crippen LogP contribution in [-0.4, -0.2) is 30.1 Å². The normalized spacial score (nSPS) is 12.6. The molecule has 0 heterocycles. The lowest BCUT2D eigenvalue weighted by Gasteiger charge is -2.20. The van der Waals surface area contributed by atoms with Crippen molar-refractivity contribution in [1.82, 2.24) is 5.32 Å². The molecule has 128 valence electrons. The molecule has 0 saturated carbocycles. The Morgan fingerprint density at radius 3 is 2.32 bits per heavy atom. The maximum Gasteiger partial charge on any atom is 0.326 e. The number of methoxy groups -OCH3 is 1. The van der Waals surface area contributed by atoms with Crippen molar-refractivity contribution in [2.75, 3.05) is 7.11 Å². The van der Waals surface area contributed by atoms with Gasteiger partial charge in [0.15, 0.2) is 6.10 Å². The lowest BCUT2D eigenvalue weighted by molar-refractivity contribution is -0.144. The molecule has 0 bridgehead atoms. The molecular weight excluding hydrogens is 320 g/mol. The van der Waals surface area contributed by atoms with Crippen LogP contribution in [0.4, 0.5) is 0 Å². The number of carbonyl (C=O) groups excluding carboxylic acids is 1. The van der Waals surface area contributed by atoms with Crippen LogP contribution in [0.3, 0.4) is 0 Å². The highest BCUT2D eigenvalue weighted by atomic mass is 16.5. The van der Waals surface area contributed by atoms with Crippen molar-refractivity contribution in [2.45, 2.75) is 18.6 Å². The number of ether oxygens (including phenoxy) is 1. The Balaban J connectivity index is 2.10. The molecule has 0 fully saturated rings. The fourth-order valence-electron chi connectivity index (χ4n) is 2.42. The van der Waals surface area contributed by atoms with Gasteiger partial charge in [-0.1, -0.05) is 42.5 Å². The van der Waals surface area contributed by atoms with Gasteiger partial charge in [0.05, 0.1) is 11.6 Å². The molecule has 6 heteroatoms. The summed E-state index contributed by atoms with van der Waals surface area (Å²) in [4.78, 5) is 23.9. The fourth-order valence-corrected chi connectivity index (χ4v) is 2.42. The number of carboxylic acids is 1. The zero-order valence-corrected chi connectivity index (χ0v) is 13.7. The first-order valence-corrected chi connectivity index (χ1v) is 7.65. The first-order chi connectivity index (χ1) is 12.0. The molecule has 2 N–H and O–H groups in total. The van der Waals surface area contributed by atoms with E-state index in [0.717, 1.165) is 0 Å². The molecule has 0 saturated heterocycles. The predicted molar refractivity (Wildman–Crippen MR) is 90.6 cm³/mol. The molecule has 2 aromatic carbocycles. The van der Waals surface area contributed by atoms with Crippen molar-refractivity contribution < 1.29 is 19.4 Å². The number of nitrogens with one attached hydrogen (secondary N) is 1. The van der Waals surface area contributed by atoms with E-state index in [4.69, 9.17) is 10.00 Å². The molecule has 25 heavy (non-hydrogen) atoms. The summed E-state index contributed by atoms with van der Waals surface area (Å²) in [6, 6.07) is 16.3. The smallest absolute Gasteiger partial charge is 0.326 e. The second-order valence-electron chi connectivity index (χ2n) is 5.44. The molecule has 0 unspecified atom stereocenters. The van der Waals surface area contributed by atoms with Crippen LogP contribution in [0.2, 0.25) is 0 Å². The highest BCUT2D eigenvalue weighted by Gasteiger charge is 2.26. The number of hydrogen-bond donors (Lipinski definition) is 2. The van der Waals surface area contributed by atoms with Gasteiger partial charge in [0.1, 0.15) is 6.04 Å². The molecule has 1 amide bonds. The van der Waals surface area contributed by atoms with Gasteiger partial charge in [-0.25, -0.2) is 4.79 Å². The van der Waals surface area contributed by atoms with Crippen LogP contribution >= 0.6 is 0 Å². The zero-order chi connectivity index (χ0) is 18.2. The van der Waals surface area contributed by atoms with Gasteiger partial charge >= 0.3 is 5.97 Å². The Kier molecular flexibility index (Phi) is 6.26. The molecule has 2 aromatic rings. The van der Waals surface area contributed by atoms with E-state index < -0.39 is 24.0 Å². The van der Waals surface area contributed by atoms with Crippen molar-refractivity contribution >= 4 is 11.9 Å². The van der Waals surface area contributed by atoms with Crippen molar-refractivity contribution in [3.63, 3.8) is 0 Å². The zero-order valence-electron chi connectivity index (χ0n) is 13.7. The minimum Gasteiger partial charge on any atom is -0.480 e. The van der Waals surface area contributed by atoms with E-state index in [1.165, 1.54) is 7.11 Å². The molecule has 0 radical (unpaired) electrons. The maximum absolute atomic E-state index is 12.4. The van der Waals surface area contributed by atoms with E-state index in [-0.39, 0.29) is 6.42 Å². The van der Waals surface area contributed by atoms with Crippen LogP contribution in [0.5, 0.6) is 0 Å². The van der Waals surface area contributed by atoms with Crippen LogP contribution in [0.1, 0.15) is 22.8 Å². The SMILES string of the molecule is CO[C@H](C(=O)N[C@@H](Cc1ccc(C#N)cc1)C(=O)O)c1ccccc1. The summed E-state index contributed by atoms with van der Waals surface area (Å²) in [7, 11) is 1.40. The van der Waals surface area contributed by atoms with Gasteiger partial charge in [0.25, 0.3) is 5.91 Å². The second kappa shape index (κ2) is 8.62. The molecule has 0 aliphatic carbocycles. The minimum atomic E-state index is -1.14. The molecule has 0 aliphatic heterocycles. The van der Waals surface area contributed by atoms with Gasteiger partial charge in [-0.2, -0.15) is 5.26 Å². The van der Waals surface area contributed by atoms with E-state index in [1.54, 1.807) is 48.5 Å². The third kappa shape index (κ3) is 4.90. The summed E-state index contributed by atoms with van der Waals surface area (Å²) in [5.74, 6) is -1.66. The van der Waals surface area contributed by atoms with Crippen LogP contribution < -0.4 is 5.32 Å². The van der Waals surface area contributed by atoms with Gasteiger partial charge in [0, 0.05) is 13.5 Å². The molecule has 2 atom stereocenters. The summed E-state index contributed by atoms with van der Waals surface area (Å²) in [6.07, 6.45) is -0.776. The Labute approximate surface area is 145 Å². The first-order valence-electron chi connectivity index (χ1n) is 7.65. The van der Waals surface area contributed by atoms with Gasteiger partial charge in [-0.3, -0.25) is 4.79 Å². The molecule has 6 nitrogen and oxygen atoms in total. The van der Waals surface area contributed by atoms with Crippen LogP contribution in [0, 0.1) is 11.3 Å².